The Morgan fingerprint density at radius 2 is 1.59 bits per heavy atom. The van der Waals surface area contributed by atoms with Gasteiger partial charge in [-0.05, 0) is 60.9 Å². The van der Waals surface area contributed by atoms with Crippen LogP contribution in [0, 0.1) is 6.92 Å². The predicted molar refractivity (Wildman–Crippen MR) is 129 cm³/mol. The fourth-order valence-electron chi connectivity index (χ4n) is 4.31. The topological polar surface area (TPSA) is 102 Å². The van der Waals surface area contributed by atoms with E-state index < -0.39 is 11.9 Å². The molecular weight excluding hydrogens is 430 g/mol. The number of nitrogens with one attached hydrogen (secondary N) is 1. The fraction of sp³-hybridized carbons (Fsp3) is 0.222. The van der Waals surface area contributed by atoms with Crippen molar-refractivity contribution in [2.45, 2.75) is 25.3 Å². The fourth-order valence-corrected chi connectivity index (χ4v) is 4.31. The van der Waals surface area contributed by atoms with Crippen molar-refractivity contribution in [3.8, 4) is 11.5 Å². The largest absolute Gasteiger partial charge is 0.457 e. The highest BCUT2D eigenvalue weighted by atomic mass is 16.5. The van der Waals surface area contributed by atoms with Crippen LogP contribution in [-0.2, 0) is 9.59 Å². The van der Waals surface area contributed by atoms with Gasteiger partial charge in [0.25, 0.3) is 5.91 Å². The first kappa shape index (κ1) is 23.0. The molecule has 1 aliphatic heterocycles. The highest BCUT2D eigenvalue weighted by Crippen LogP contribution is 2.33. The van der Waals surface area contributed by atoms with Gasteiger partial charge in [0.05, 0.1) is 6.54 Å². The number of para-hydroxylation sites is 1. The number of hydrogen-bond acceptors (Lipinski definition) is 4. The second-order valence-corrected chi connectivity index (χ2v) is 8.38. The number of nitrogens with two attached hydrogens (primary N) is 1. The zero-order valence-electron chi connectivity index (χ0n) is 18.9. The lowest BCUT2D eigenvalue weighted by molar-refractivity contribution is -0.136. The average Bonchev–Trinajstić information content (AvgIpc) is 3.29. The number of hydrogen-bond donors (Lipinski definition) is 2. The van der Waals surface area contributed by atoms with Crippen molar-refractivity contribution in [1.29, 1.82) is 0 Å². The van der Waals surface area contributed by atoms with Gasteiger partial charge in [-0.3, -0.25) is 14.4 Å². The molecule has 2 unspecified atom stereocenters. The van der Waals surface area contributed by atoms with E-state index in [0.717, 1.165) is 11.1 Å². The van der Waals surface area contributed by atoms with Gasteiger partial charge in [0.2, 0.25) is 11.8 Å². The minimum atomic E-state index is -0.691. The molecule has 1 aliphatic rings. The summed E-state index contributed by atoms with van der Waals surface area (Å²) >= 11 is 0. The van der Waals surface area contributed by atoms with Gasteiger partial charge in [-0.2, -0.15) is 0 Å². The highest BCUT2D eigenvalue weighted by molar-refractivity contribution is 5.97. The molecule has 0 bridgehead atoms. The van der Waals surface area contributed by atoms with Gasteiger partial charge in [0, 0.05) is 18.0 Å². The minimum absolute atomic E-state index is 0.0236. The molecule has 3 N–H and O–H groups in total. The summed E-state index contributed by atoms with van der Waals surface area (Å²) in [5.41, 5.74) is 8.20. The zero-order valence-corrected chi connectivity index (χ0v) is 18.9. The van der Waals surface area contributed by atoms with Gasteiger partial charge in [0.1, 0.15) is 17.5 Å². The highest BCUT2D eigenvalue weighted by Gasteiger charge is 2.39. The Kier molecular flexibility index (Phi) is 6.92. The van der Waals surface area contributed by atoms with Crippen molar-refractivity contribution in [2.75, 3.05) is 13.1 Å². The lowest BCUT2D eigenvalue weighted by Crippen LogP contribution is -2.47. The predicted octanol–water partition coefficient (Wildman–Crippen LogP) is 3.39. The maximum atomic E-state index is 12.9. The van der Waals surface area contributed by atoms with Crippen LogP contribution in [0.3, 0.4) is 0 Å². The number of amides is 3. The van der Waals surface area contributed by atoms with Crippen molar-refractivity contribution in [3.63, 3.8) is 0 Å². The quantitative estimate of drug-likeness (QED) is 0.568. The first-order valence-corrected chi connectivity index (χ1v) is 11.2. The normalized spacial score (nSPS) is 17.3. The average molecular weight is 458 g/mol. The number of likely N-dealkylation sites (tertiary alicyclic amines) is 1. The van der Waals surface area contributed by atoms with Crippen LogP contribution in [0.15, 0.2) is 78.9 Å². The molecule has 3 amide bonds. The molecule has 0 spiro atoms. The van der Waals surface area contributed by atoms with Gasteiger partial charge >= 0.3 is 0 Å². The monoisotopic (exact) mass is 457 g/mol. The number of rotatable bonds is 7. The first-order chi connectivity index (χ1) is 16.4. The van der Waals surface area contributed by atoms with E-state index in [-0.39, 0.29) is 24.3 Å². The minimum Gasteiger partial charge on any atom is -0.457 e. The van der Waals surface area contributed by atoms with Crippen LogP contribution in [0.1, 0.15) is 33.8 Å². The van der Waals surface area contributed by atoms with Gasteiger partial charge in [0.15, 0.2) is 0 Å². The Morgan fingerprint density at radius 3 is 2.26 bits per heavy atom. The summed E-state index contributed by atoms with van der Waals surface area (Å²) in [6.45, 7) is 2.18. The van der Waals surface area contributed by atoms with Crippen LogP contribution in [0.5, 0.6) is 11.5 Å². The standard InChI is InChI=1S/C27H27N3O4/c1-18-7-5-6-10-23(18)20-15-24(26(28)32)30(17-20)25(31)16-29-27(33)19-11-13-22(14-12-19)34-21-8-3-2-4-9-21/h2-14,20,24H,15-17H2,1H3,(H2,28,32)(H,29,33). The Hall–Kier alpha value is -4.13. The summed E-state index contributed by atoms with van der Waals surface area (Å²) in [7, 11) is 0. The maximum Gasteiger partial charge on any atom is 0.251 e. The Morgan fingerprint density at radius 1 is 0.941 bits per heavy atom. The molecule has 3 aromatic rings. The van der Waals surface area contributed by atoms with Crippen LogP contribution in [0.2, 0.25) is 0 Å². The summed E-state index contributed by atoms with van der Waals surface area (Å²) in [5, 5.41) is 2.65. The molecular formula is C27H27N3O4. The third-order valence-electron chi connectivity index (χ3n) is 6.07. The van der Waals surface area contributed by atoms with Crippen molar-refractivity contribution in [1.82, 2.24) is 10.2 Å². The van der Waals surface area contributed by atoms with Crippen molar-refractivity contribution >= 4 is 17.7 Å². The number of nitrogens with zero attached hydrogens (tertiary/aromatic N) is 1. The molecule has 0 radical (unpaired) electrons. The van der Waals surface area contributed by atoms with Crippen LogP contribution >= 0.6 is 0 Å². The van der Waals surface area contributed by atoms with Gasteiger partial charge < -0.3 is 20.7 Å². The number of carbonyl (C=O) groups is 3. The van der Waals surface area contributed by atoms with Crippen molar-refractivity contribution in [3.05, 3.63) is 95.6 Å². The summed E-state index contributed by atoms with van der Waals surface area (Å²) in [6, 6.07) is 23.2. The van der Waals surface area contributed by atoms with Crippen LogP contribution in [-0.4, -0.2) is 41.8 Å². The van der Waals surface area contributed by atoms with Crippen LogP contribution in [0.25, 0.3) is 0 Å². The number of ether oxygens (including phenoxy) is 1. The number of carbonyl (C=O) groups excluding carboxylic acids is 3. The summed E-state index contributed by atoms with van der Waals surface area (Å²) in [5.74, 6) is 0.0637. The van der Waals surface area contributed by atoms with Crippen molar-refractivity contribution < 1.29 is 19.1 Å². The molecule has 0 aliphatic carbocycles. The summed E-state index contributed by atoms with van der Waals surface area (Å²) in [4.78, 5) is 39.0. The molecule has 174 valence electrons. The third-order valence-corrected chi connectivity index (χ3v) is 6.07. The molecule has 1 heterocycles. The molecule has 7 heteroatoms. The van der Waals surface area contributed by atoms with E-state index in [1.807, 2.05) is 61.5 Å². The second-order valence-electron chi connectivity index (χ2n) is 8.38. The number of primary amides is 1. The molecule has 1 fully saturated rings. The van der Waals surface area contributed by atoms with Gasteiger partial charge in [-0.25, -0.2) is 0 Å². The molecule has 3 aromatic carbocycles. The van der Waals surface area contributed by atoms with Crippen molar-refractivity contribution in [2.24, 2.45) is 5.73 Å². The van der Waals surface area contributed by atoms with E-state index in [0.29, 0.717) is 30.0 Å². The van der Waals surface area contributed by atoms with E-state index in [1.54, 1.807) is 24.3 Å². The maximum absolute atomic E-state index is 12.9. The lowest BCUT2D eigenvalue weighted by atomic mass is 9.92. The smallest absolute Gasteiger partial charge is 0.251 e. The third kappa shape index (κ3) is 5.26. The van der Waals surface area contributed by atoms with E-state index in [9.17, 15) is 14.4 Å². The van der Waals surface area contributed by atoms with E-state index >= 15 is 0 Å². The lowest BCUT2D eigenvalue weighted by Gasteiger charge is -2.22. The molecule has 0 aromatic heterocycles. The SMILES string of the molecule is Cc1ccccc1C1CC(C(N)=O)N(C(=O)CNC(=O)c2ccc(Oc3ccccc3)cc2)C1. The zero-order chi connectivity index (χ0) is 24.1. The Bertz CT molecular complexity index is 1180. The second kappa shape index (κ2) is 10.2. The molecule has 34 heavy (non-hydrogen) atoms. The molecule has 1 saturated heterocycles. The number of aryl methyl sites for hydroxylation is 1. The molecule has 7 nitrogen and oxygen atoms in total. The first-order valence-electron chi connectivity index (χ1n) is 11.2. The van der Waals surface area contributed by atoms with Gasteiger partial charge in [-0.1, -0.05) is 42.5 Å². The summed E-state index contributed by atoms with van der Waals surface area (Å²) in [6.07, 6.45) is 0.475. The Balaban J connectivity index is 1.36. The molecule has 0 saturated carbocycles. The Labute approximate surface area is 198 Å². The number of benzene rings is 3. The molecule has 2 atom stereocenters. The van der Waals surface area contributed by atoms with E-state index in [2.05, 4.69) is 5.32 Å². The van der Waals surface area contributed by atoms with Gasteiger partial charge in [-0.15, -0.1) is 0 Å². The van der Waals surface area contributed by atoms with E-state index in [4.69, 9.17) is 10.5 Å². The van der Waals surface area contributed by atoms with Crippen LogP contribution < -0.4 is 15.8 Å². The van der Waals surface area contributed by atoms with Crippen LogP contribution in [0.4, 0.5) is 0 Å². The summed E-state index contributed by atoms with van der Waals surface area (Å²) < 4.78 is 5.73. The molecule has 4 rings (SSSR count). The van der Waals surface area contributed by atoms with E-state index in [1.165, 1.54) is 4.90 Å².